The zero-order valence-corrected chi connectivity index (χ0v) is 15.5. The molecule has 0 aromatic heterocycles. The van der Waals surface area contributed by atoms with Gasteiger partial charge in [0.05, 0.1) is 17.2 Å². The highest BCUT2D eigenvalue weighted by Crippen LogP contribution is 2.30. The summed E-state index contributed by atoms with van der Waals surface area (Å²) in [6, 6.07) is 12.9. The zero-order valence-electron chi connectivity index (χ0n) is 14.8. The molecule has 6 heteroatoms. The maximum absolute atomic E-state index is 11.7. The van der Waals surface area contributed by atoms with Crippen LogP contribution < -0.4 is 15.4 Å². The van der Waals surface area contributed by atoms with E-state index in [0.717, 1.165) is 31.6 Å². The molecule has 2 aromatic carbocycles. The monoisotopic (exact) mass is 374 g/mol. The van der Waals surface area contributed by atoms with Crippen molar-refractivity contribution >= 4 is 28.9 Å². The Balaban J connectivity index is 1.55. The number of nitrogens with two attached hydrogens (primary N) is 1. The second kappa shape index (κ2) is 8.32. The highest BCUT2D eigenvalue weighted by atomic mass is 35.5. The van der Waals surface area contributed by atoms with Gasteiger partial charge < -0.3 is 20.1 Å². The fourth-order valence-corrected chi connectivity index (χ4v) is 3.28. The van der Waals surface area contributed by atoms with E-state index in [1.165, 1.54) is 0 Å². The third-order valence-electron chi connectivity index (χ3n) is 4.44. The molecule has 0 amide bonds. The SMILES string of the molecule is CCOC(=O)c1ccc(N2CCC(Oc3ccc(N)cc3Cl)CC2)cc1. The fraction of sp³-hybridized carbons (Fsp3) is 0.350. The van der Waals surface area contributed by atoms with Gasteiger partial charge in [0, 0.05) is 37.3 Å². The van der Waals surface area contributed by atoms with Crippen LogP contribution in [-0.2, 0) is 4.74 Å². The van der Waals surface area contributed by atoms with Crippen molar-refractivity contribution in [1.82, 2.24) is 0 Å². The van der Waals surface area contributed by atoms with Gasteiger partial charge >= 0.3 is 5.97 Å². The summed E-state index contributed by atoms with van der Waals surface area (Å²) >= 11 is 6.18. The summed E-state index contributed by atoms with van der Waals surface area (Å²) in [5.74, 6) is 0.393. The van der Waals surface area contributed by atoms with Crippen molar-refractivity contribution in [2.75, 3.05) is 30.3 Å². The van der Waals surface area contributed by atoms with Crippen molar-refractivity contribution in [3.05, 3.63) is 53.1 Å². The number of piperidine rings is 1. The Morgan fingerprint density at radius 3 is 2.50 bits per heavy atom. The third-order valence-corrected chi connectivity index (χ3v) is 4.73. The van der Waals surface area contributed by atoms with E-state index >= 15 is 0 Å². The van der Waals surface area contributed by atoms with Gasteiger partial charge in [-0.05, 0) is 49.4 Å². The topological polar surface area (TPSA) is 64.8 Å². The van der Waals surface area contributed by atoms with Gasteiger partial charge in [0.1, 0.15) is 11.9 Å². The number of rotatable bonds is 5. The lowest BCUT2D eigenvalue weighted by Crippen LogP contribution is -2.38. The van der Waals surface area contributed by atoms with Crippen molar-refractivity contribution in [3.8, 4) is 5.75 Å². The van der Waals surface area contributed by atoms with Gasteiger partial charge in [0.15, 0.2) is 0 Å². The molecule has 0 spiro atoms. The number of carbonyl (C=O) groups is 1. The second-order valence-electron chi connectivity index (χ2n) is 6.26. The van der Waals surface area contributed by atoms with Crippen LogP contribution in [0.2, 0.25) is 5.02 Å². The summed E-state index contributed by atoms with van der Waals surface area (Å²) in [4.78, 5) is 14.0. The molecule has 138 valence electrons. The first-order valence-electron chi connectivity index (χ1n) is 8.80. The van der Waals surface area contributed by atoms with E-state index in [1.807, 2.05) is 30.3 Å². The largest absolute Gasteiger partial charge is 0.489 e. The second-order valence-corrected chi connectivity index (χ2v) is 6.67. The van der Waals surface area contributed by atoms with Crippen molar-refractivity contribution in [2.24, 2.45) is 0 Å². The standard InChI is InChI=1S/C20H23ClN2O3/c1-2-25-20(24)14-3-6-16(7-4-14)23-11-9-17(10-12-23)26-19-8-5-15(22)13-18(19)21/h3-8,13,17H,2,9-12,22H2,1H3. The van der Waals surface area contributed by atoms with Crippen molar-refractivity contribution in [2.45, 2.75) is 25.9 Å². The summed E-state index contributed by atoms with van der Waals surface area (Å²) in [5, 5.41) is 0.544. The molecule has 2 N–H and O–H groups in total. The maximum atomic E-state index is 11.7. The summed E-state index contributed by atoms with van der Waals surface area (Å²) in [5.41, 5.74) is 8.02. The van der Waals surface area contributed by atoms with Crippen LogP contribution in [0.15, 0.2) is 42.5 Å². The van der Waals surface area contributed by atoms with E-state index in [9.17, 15) is 4.79 Å². The predicted octanol–water partition coefficient (Wildman–Crippen LogP) is 4.15. The van der Waals surface area contributed by atoms with E-state index in [2.05, 4.69) is 4.90 Å². The Morgan fingerprint density at radius 2 is 1.88 bits per heavy atom. The Kier molecular flexibility index (Phi) is 5.89. The molecule has 3 rings (SSSR count). The first kappa shape index (κ1) is 18.4. The normalized spacial score (nSPS) is 14.9. The smallest absolute Gasteiger partial charge is 0.338 e. The van der Waals surface area contributed by atoms with Crippen molar-refractivity contribution in [1.29, 1.82) is 0 Å². The lowest BCUT2D eigenvalue weighted by Gasteiger charge is -2.34. The number of halogens is 1. The van der Waals surface area contributed by atoms with Crippen LogP contribution in [0.25, 0.3) is 0 Å². The number of hydrogen-bond donors (Lipinski definition) is 1. The molecule has 5 nitrogen and oxygen atoms in total. The molecule has 0 unspecified atom stereocenters. The van der Waals surface area contributed by atoms with Gasteiger partial charge in [-0.25, -0.2) is 4.79 Å². The van der Waals surface area contributed by atoms with Crippen LogP contribution in [0.3, 0.4) is 0 Å². The average Bonchev–Trinajstić information content (AvgIpc) is 2.65. The number of esters is 1. The van der Waals surface area contributed by atoms with Crippen LogP contribution in [0.1, 0.15) is 30.1 Å². The molecule has 0 aliphatic carbocycles. The zero-order chi connectivity index (χ0) is 18.5. The van der Waals surface area contributed by atoms with Gasteiger partial charge in [0.25, 0.3) is 0 Å². The van der Waals surface area contributed by atoms with E-state index in [0.29, 0.717) is 28.6 Å². The average molecular weight is 375 g/mol. The number of ether oxygens (including phenoxy) is 2. The Bertz CT molecular complexity index is 756. The van der Waals surface area contributed by atoms with Gasteiger partial charge in [-0.15, -0.1) is 0 Å². The van der Waals surface area contributed by atoms with Crippen LogP contribution in [0.4, 0.5) is 11.4 Å². The number of carbonyl (C=O) groups excluding carboxylic acids is 1. The van der Waals surface area contributed by atoms with E-state index in [4.69, 9.17) is 26.8 Å². The molecule has 1 saturated heterocycles. The molecule has 1 aliphatic rings. The molecule has 1 heterocycles. The number of hydrogen-bond acceptors (Lipinski definition) is 5. The molecule has 1 aliphatic heterocycles. The molecule has 2 aromatic rings. The van der Waals surface area contributed by atoms with Gasteiger partial charge in [-0.3, -0.25) is 0 Å². The lowest BCUT2D eigenvalue weighted by molar-refractivity contribution is 0.0526. The van der Waals surface area contributed by atoms with Crippen LogP contribution in [-0.4, -0.2) is 31.8 Å². The number of nitrogen functional groups attached to an aromatic ring is 1. The minimum absolute atomic E-state index is 0.131. The molecule has 0 radical (unpaired) electrons. The molecule has 26 heavy (non-hydrogen) atoms. The van der Waals surface area contributed by atoms with Gasteiger partial charge in [-0.2, -0.15) is 0 Å². The predicted molar refractivity (Wildman–Crippen MR) is 104 cm³/mol. The van der Waals surface area contributed by atoms with Crippen LogP contribution >= 0.6 is 11.6 Å². The summed E-state index contributed by atoms with van der Waals surface area (Å²) < 4.78 is 11.0. The number of anilines is 2. The Morgan fingerprint density at radius 1 is 1.19 bits per heavy atom. The molecular weight excluding hydrogens is 352 g/mol. The molecule has 1 fully saturated rings. The molecule has 0 saturated carbocycles. The lowest BCUT2D eigenvalue weighted by atomic mass is 10.1. The van der Waals surface area contributed by atoms with Gasteiger partial charge in [0.2, 0.25) is 0 Å². The highest BCUT2D eigenvalue weighted by molar-refractivity contribution is 6.32. The minimum Gasteiger partial charge on any atom is -0.489 e. The summed E-state index contributed by atoms with van der Waals surface area (Å²) in [6.45, 7) is 3.95. The highest BCUT2D eigenvalue weighted by Gasteiger charge is 2.22. The first-order chi connectivity index (χ1) is 12.6. The quantitative estimate of drug-likeness (QED) is 0.629. The first-order valence-corrected chi connectivity index (χ1v) is 9.18. The summed E-state index contributed by atoms with van der Waals surface area (Å²) in [7, 11) is 0. The molecule has 0 bridgehead atoms. The van der Waals surface area contributed by atoms with E-state index in [-0.39, 0.29) is 12.1 Å². The van der Waals surface area contributed by atoms with Crippen molar-refractivity contribution in [3.63, 3.8) is 0 Å². The molecular formula is C20H23ClN2O3. The number of benzene rings is 2. The maximum Gasteiger partial charge on any atom is 0.338 e. The Labute approximate surface area is 158 Å². The van der Waals surface area contributed by atoms with E-state index in [1.54, 1.807) is 19.1 Å². The Hall–Kier alpha value is -2.40. The molecule has 0 atom stereocenters. The third kappa shape index (κ3) is 4.41. The van der Waals surface area contributed by atoms with Crippen molar-refractivity contribution < 1.29 is 14.3 Å². The summed E-state index contributed by atoms with van der Waals surface area (Å²) in [6.07, 6.45) is 1.94. The minimum atomic E-state index is -0.286. The van der Waals surface area contributed by atoms with E-state index < -0.39 is 0 Å². The number of nitrogens with zero attached hydrogens (tertiary/aromatic N) is 1. The van der Waals surface area contributed by atoms with Crippen LogP contribution in [0.5, 0.6) is 5.75 Å². The van der Waals surface area contributed by atoms with Gasteiger partial charge in [-0.1, -0.05) is 11.6 Å². The van der Waals surface area contributed by atoms with Crippen LogP contribution in [0, 0.1) is 0 Å². The fourth-order valence-electron chi connectivity index (χ4n) is 3.05.